The summed E-state index contributed by atoms with van der Waals surface area (Å²) in [5, 5.41) is 0. The summed E-state index contributed by atoms with van der Waals surface area (Å²) >= 11 is 0. The third-order valence-electron chi connectivity index (χ3n) is 2.24. The second-order valence-corrected chi connectivity index (χ2v) is 11.0. The average Bonchev–Trinajstić information content (AvgIpc) is 2.09. The van der Waals surface area contributed by atoms with E-state index in [4.69, 9.17) is 4.74 Å². The Morgan fingerprint density at radius 2 is 1.65 bits per heavy atom. The van der Waals surface area contributed by atoms with Crippen LogP contribution in [0.1, 0.15) is 27.7 Å². The zero-order chi connectivity index (χ0) is 13.6. The summed E-state index contributed by atoms with van der Waals surface area (Å²) in [7, 11) is -1.19. The summed E-state index contributed by atoms with van der Waals surface area (Å²) in [6, 6.07) is 0.340. The van der Waals surface area contributed by atoms with Crippen molar-refractivity contribution in [1.29, 1.82) is 0 Å². The monoisotopic (exact) mass is 257 g/mol. The van der Waals surface area contributed by atoms with Crippen molar-refractivity contribution < 1.29 is 9.53 Å². The largest absolute Gasteiger partial charge is 0.445 e. The van der Waals surface area contributed by atoms with Crippen LogP contribution in [0.5, 0.6) is 0 Å². The third kappa shape index (κ3) is 7.21. The lowest BCUT2D eigenvalue weighted by molar-refractivity contribution is 0.0876. The molecule has 0 saturated carbocycles. The first-order valence-electron chi connectivity index (χ1n) is 6.28. The van der Waals surface area contributed by atoms with Crippen molar-refractivity contribution in [2.75, 3.05) is 6.61 Å². The summed E-state index contributed by atoms with van der Waals surface area (Å²) < 4.78 is 5.24. The van der Waals surface area contributed by atoms with Gasteiger partial charge in [-0.25, -0.2) is 4.79 Å². The van der Waals surface area contributed by atoms with Gasteiger partial charge < -0.3 is 9.64 Å². The first-order valence-corrected chi connectivity index (χ1v) is 9.85. The first-order chi connectivity index (χ1) is 7.65. The molecule has 0 saturated heterocycles. The Bertz CT molecular complexity index is 259. The fourth-order valence-electron chi connectivity index (χ4n) is 1.61. The highest BCUT2D eigenvalue weighted by atomic mass is 28.3. The van der Waals surface area contributed by atoms with E-state index in [1.807, 2.05) is 33.8 Å². The maximum Gasteiger partial charge on any atom is 0.410 e. The van der Waals surface area contributed by atoms with Crippen LogP contribution in [-0.2, 0) is 4.74 Å². The SMILES string of the molecule is CC(C)N(C(=O)OC/C=C/[Si](C)(C)C)C(C)C. The molecule has 100 valence electrons. The summed E-state index contributed by atoms with van der Waals surface area (Å²) in [5.74, 6) is 0. The van der Waals surface area contributed by atoms with E-state index in [0.29, 0.717) is 6.61 Å². The molecular formula is C13H27NO2Si. The van der Waals surface area contributed by atoms with E-state index in [2.05, 4.69) is 25.3 Å². The Morgan fingerprint density at radius 1 is 1.18 bits per heavy atom. The van der Waals surface area contributed by atoms with Crippen LogP contribution in [0.4, 0.5) is 4.79 Å². The Hall–Kier alpha value is -0.773. The summed E-state index contributed by atoms with van der Waals surface area (Å²) in [5.41, 5.74) is 2.19. The van der Waals surface area contributed by atoms with Crippen LogP contribution in [0.2, 0.25) is 19.6 Å². The summed E-state index contributed by atoms with van der Waals surface area (Å²) in [4.78, 5) is 13.6. The van der Waals surface area contributed by atoms with Crippen molar-refractivity contribution in [1.82, 2.24) is 4.90 Å². The molecule has 0 rings (SSSR count). The minimum Gasteiger partial charge on any atom is -0.445 e. The molecule has 0 fully saturated rings. The quantitative estimate of drug-likeness (QED) is 0.703. The van der Waals surface area contributed by atoms with Gasteiger partial charge in [-0.1, -0.05) is 31.4 Å². The van der Waals surface area contributed by atoms with Crippen molar-refractivity contribution in [3.05, 3.63) is 11.8 Å². The van der Waals surface area contributed by atoms with E-state index in [0.717, 1.165) is 0 Å². The molecule has 0 heterocycles. The molecule has 17 heavy (non-hydrogen) atoms. The highest BCUT2D eigenvalue weighted by molar-refractivity contribution is 6.80. The molecular weight excluding hydrogens is 230 g/mol. The van der Waals surface area contributed by atoms with E-state index in [1.54, 1.807) is 4.90 Å². The zero-order valence-electron chi connectivity index (χ0n) is 12.3. The highest BCUT2D eigenvalue weighted by Crippen LogP contribution is 2.07. The fraction of sp³-hybridized carbons (Fsp3) is 0.769. The Kier molecular flexibility index (Phi) is 6.53. The van der Waals surface area contributed by atoms with Crippen molar-refractivity contribution in [3.63, 3.8) is 0 Å². The van der Waals surface area contributed by atoms with Gasteiger partial charge in [-0.05, 0) is 27.7 Å². The molecule has 1 amide bonds. The van der Waals surface area contributed by atoms with Gasteiger partial charge in [0.15, 0.2) is 0 Å². The molecule has 0 aliphatic rings. The standard InChI is InChI=1S/C13H27NO2Si/c1-11(2)14(12(3)4)13(15)16-9-8-10-17(5,6)7/h8,10-12H,9H2,1-7H3/b10-8+. The molecule has 0 aliphatic heterocycles. The number of amides is 1. The van der Waals surface area contributed by atoms with Crippen LogP contribution >= 0.6 is 0 Å². The van der Waals surface area contributed by atoms with Crippen LogP contribution in [0.25, 0.3) is 0 Å². The lowest BCUT2D eigenvalue weighted by Gasteiger charge is -2.29. The topological polar surface area (TPSA) is 29.5 Å². The van der Waals surface area contributed by atoms with E-state index < -0.39 is 8.07 Å². The van der Waals surface area contributed by atoms with E-state index in [1.165, 1.54) is 0 Å². The minimum atomic E-state index is -1.19. The lowest BCUT2D eigenvalue weighted by atomic mass is 10.2. The molecule has 0 radical (unpaired) electrons. The number of rotatable bonds is 5. The van der Waals surface area contributed by atoms with Crippen LogP contribution in [0.3, 0.4) is 0 Å². The maximum absolute atomic E-state index is 11.8. The van der Waals surface area contributed by atoms with Gasteiger partial charge in [-0.2, -0.15) is 0 Å². The predicted molar refractivity (Wildman–Crippen MR) is 75.9 cm³/mol. The van der Waals surface area contributed by atoms with Gasteiger partial charge in [0, 0.05) is 12.1 Å². The predicted octanol–water partition coefficient (Wildman–Crippen LogP) is 3.68. The van der Waals surface area contributed by atoms with Gasteiger partial charge in [-0.15, -0.1) is 0 Å². The molecule has 0 aromatic heterocycles. The van der Waals surface area contributed by atoms with Crippen molar-refractivity contribution in [3.8, 4) is 0 Å². The molecule has 0 unspecified atom stereocenters. The third-order valence-corrected chi connectivity index (χ3v) is 3.48. The Morgan fingerprint density at radius 3 is 2.00 bits per heavy atom. The number of hydrogen-bond donors (Lipinski definition) is 0. The van der Waals surface area contributed by atoms with Gasteiger partial charge in [0.05, 0.1) is 8.07 Å². The number of ether oxygens (including phenoxy) is 1. The number of hydrogen-bond acceptors (Lipinski definition) is 2. The van der Waals surface area contributed by atoms with Crippen molar-refractivity contribution >= 4 is 14.2 Å². The lowest BCUT2D eigenvalue weighted by Crippen LogP contribution is -2.42. The molecule has 0 spiro atoms. The van der Waals surface area contributed by atoms with E-state index >= 15 is 0 Å². The van der Waals surface area contributed by atoms with Gasteiger partial charge >= 0.3 is 6.09 Å². The fourth-order valence-corrected chi connectivity index (χ4v) is 2.42. The molecule has 0 N–H and O–H groups in total. The molecule has 0 atom stereocenters. The van der Waals surface area contributed by atoms with E-state index in [9.17, 15) is 4.79 Å². The van der Waals surface area contributed by atoms with Crippen molar-refractivity contribution in [2.24, 2.45) is 0 Å². The van der Waals surface area contributed by atoms with Crippen LogP contribution in [0.15, 0.2) is 11.8 Å². The minimum absolute atomic E-state index is 0.170. The molecule has 3 nitrogen and oxygen atoms in total. The number of carbonyl (C=O) groups is 1. The second kappa shape index (κ2) is 6.84. The van der Waals surface area contributed by atoms with Gasteiger partial charge in [0.1, 0.15) is 6.61 Å². The van der Waals surface area contributed by atoms with Gasteiger partial charge in [0.2, 0.25) is 0 Å². The molecule has 0 aromatic carbocycles. The summed E-state index contributed by atoms with van der Waals surface area (Å²) in [6.07, 6.45) is 1.73. The normalized spacial score (nSPS) is 12.5. The Labute approximate surface area is 107 Å². The maximum atomic E-state index is 11.8. The van der Waals surface area contributed by atoms with E-state index in [-0.39, 0.29) is 18.2 Å². The molecule has 0 bridgehead atoms. The second-order valence-electron chi connectivity index (χ2n) is 5.94. The number of nitrogens with zero attached hydrogens (tertiary/aromatic N) is 1. The smallest absolute Gasteiger partial charge is 0.410 e. The van der Waals surface area contributed by atoms with Gasteiger partial charge in [-0.3, -0.25) is 0 Å². The number of carbonyl (C=O) groups excluding carboxylic acids is 1. The highest BCUT2D eigenvalue weighted by Gasteiger charge is 2.20. The molecule has 0 aromatic rings. The molecule has 4 heteroatoms. The Balaban J connectivity index is 4.22. The summed E-state index contributed by atoms with van der Waals surface area (Å²) in [6.45, 7) is 15.1. The van der Waals surface area contributed by atoms with Crippen LogP contribution in [-0.4, -0.2) is 37.8 Å². The van der Waals surface area contributed by atoms with Crippen LogP contribution in [0, 0.1) is 0 Å². The first kappa shape index (κ1) is 16.2. The zero-order valence-corrected chi connectivity index (χ0v) is 13.3. The molecule has 0 aliphatic carbocycles. The van der Waals surface area contributed by atoms with Crippen LogP contribution < -0.4 is 0 Å². The van der Waals surface area contributed by atoms with Crippen molar-refractivity contribution in [2.45, 2.75) is 59.4 Å². The van der Waals surface area contributed by atoms with Gasteiger partial charge in [0.25, 0.3) is 0 Å². The average molecular weight is 257 g/mol.